The Hall–Kier alpha value is -2.01. The molecule has 0 saturated carbocycles. The van der Waals surface area contributed by atoms with Crippen LogP contribution in [0, 0.1) is 0 Å². The summed E-state index contributed by atoms with van der Waals surface area (Å²) < 4.78 is 6.67. The fraction of sp³-hybridized carbons (Fsp3) is 0.188. The average Bonchev–Trinajstić information content (AvgIpc) is 2.90. The number of nitrogen functional groups attached to an aromatic ring is 1. The van der Waals surface area contributed by atoms with Crippen LogP contribution in [-0.4, -0.2) is 16.6 Å². The first-order chi connectivity index (χ1) is 10.2. The molecule has 5 heteroatoms. The molecule has 1 atom stereocenters. The van der Waals surface area contributed by atoms with Gasteiger partial charge in [-0.3, -0.25) is 0 Å². The number of fused-ring (bicyclic) bond motifs is 2. The first kappa shape index (κ1) is 12.7. The largest absolute Gasteiger partial charge is 0.493 e. The zero-order valence-electron chi connectivity index (χ0n) is 11.3. The van der Waals surface area contributed by atoms with Crippen LogP contribution in [0.25, 0.3) is 11.0 Å². The Morgan fingerprint density at radius 2 is 2.14 bits per heavy atom. The molecule has 3 N–H and O–H groups in total. The number of H-pyrrole nitrogens is 1. The number of hydrogen-bond acceptors (Lipinski definition) is 3. The molecule has 0 aliphatic carbocycles. The molecule has 0 saturated heterocycles. The first-order valence-electron chi connectivity index (χ1n) is 6.89. The van der Waals surface area contributed by atoms with Gasteiger partial charge in [0.2, 0.25) is 0 Å². The van der Waals surface area contributed by atoms with E-state index in [1.54, 1.807) is 0 Å². The first-order valence-corrected chi connectivity index (χ1v) is 7.68. The number of halogens is 1. The molecule has 1 aromatic heterocycles. The van der Waals surface area contributed by atoms with Gasteiger partial charge in [0, 0.05) is 16.0 Å². The van der Waals surface area contributed by atoms with Crippen LogP contribution in [-0.2, 0) is 0 Å². The Labute approximate surface area is 130 Å². The van der Waals surface area contributed by atoms with Gasteiger partial charge in [-0.15, -0.1) is 0 Å². The van der Waals surface area contributed by atoms with Crippen molar-refractivity contribution in [2.24, 2.45) is 0 Å². The highest BCUT2D eigenvalue weighted by atomic mass is 79.9. The smallest absolute Gasteiger partial charge is 0.123 e. The van der Waals surface area contributed by atoms with Gasteiger partial charge >= 0.3 is 0 Å². The summed E-state index contributed by atoms with van der Waals surface area (Å²) in [7, 11) is 0. The zero-order chi connectivity index (χ0) is 14.4. The topological polar surface area (TPSA) is 63.9 Å². The van der Waals surface area contributed by atoms with Crippen LogP contribution in [0.3, 0.4) is 0 Å². The summed E-state index contributed by atoms with van der Waals surface area (Å²) in [6.07, 6.45) is 0.915. The minimum absolute atomic E-state index is 0.223. The highest BCUT2D eigenvalue weighted by Gasteiger charge is 2.25. The molecule has 0 spiro atoms. The number of benzene rings is 2. The Balaban J connectivity index is 1.86. The standard InChI is InChI=1S/C16H14BrN3O/c17-9-7-12(18)15-13(8-9)19-16(20-15)11-5-6-21-14-4-2-1-3-10(11)14/h1-4,7-8,11H,5-6,18H2,(H,19,20). The van der Waals surface area contributed by atoms with Crippen molar-refractivity contribution in [3.63, 3.8) is 0 Å². The molecule has 1 aliphatic rings. The lowest BCUT2D eigenvalue weighted by Gasteiger charge is -2.24. The normalized spacial score (nSPS) is 17.5. The molecule has 21 heavy (non-hydrogen) atoms. The van der Waals surface area contributed by atoms with Gasteiger partial charge in [0.15, 0.2) is 0 Å². The van der Waals surface area contributed by atoms with Gasteiger partial charge in [-0.2, -0.15) is 0 Å². The van der Waals surface area contributed by atoms with E-state index in [-0.39, 0.29) is 5.92 Å². The SMILES string of the molecule is Nc1cc(Br)cc2[nH]c(C3CCOc4ccccc43)nc12. The molecule has 0 fully saturated rings. The fourth-order valence-electron chi connectivity index (χ4n) is 2.92. The predicted octanol–water partition coefficient (Wildman–Crippen LogP) is 3.82. The predicted molar refractivity (Wildman–Crippen MR) is 86.6 cm³/mol. The molecule has 2 aromatic carbocycles. The highest BCUT2D eigenvalue weighted by molar-refractivity contribution is 9.10. The number of para-hydroxylation sites is 1. The lowest BCUT2D eigenvalue weighted by atomic mass is 9.92. The molecule has 4 rings (SSSR count). The van der Waals surface area contributed by atoms with Gasteiger partial charge in [0.1, 0.15) is 17.1 Å². The van der Waals surface area contributed by atoms with Crippen LogP contribution in [0.1, 0.15) is 23.7 Å². The summed E-state index contributed by atoms with van der Waals surface area (Å²) in [4.78, 5) is 8.13. The lowest BCUT2D eigenvalue weighted by molar-refractivity contribution is 0.275. The minimum Gasteiger partial charge on any atom is -0.493 e. The molecule has 1 aliphatic heterocycles. The van der Waals surface area contributed by atoms with Crippen LogP contribution >= 0.6 is 15.9 Å². The number of rotatable bonds is 1. The molecule has 0 bridgehead atoms. The van der Waals surface area contributed by atoms with Crippen LogP contribution in [0.4, 0.5) is 5.69 Å². The van der Waals surface area contributed by atoms with Crippen molar-refractivity contribution in [2.75, 3.05) is 12.3 Å². The Bertz CT molecular complexity index is 828. The second-order valence-corrected chi connectivity index (χ2v) is 6.16. The van der Waals surface area contributed by atoms with E-state index in [2.05, 4.69) is 27.0 Å². The Kier molecular flexibility index (Phi) is 2.89. The Morgan fingerprint density at radius 1 is 1.29 bits per heavy atom. The number of nitrogens with two attached hydrogens (primary N) is 1. The fourth-order valence-corrected chi connectivity index (χ4v) is 3.39. The van der Waals surface area contributed by atoms with Crippen LogP contribution in [0.2, 0.25) is 0 Å². The van der Waals surface area contributed by atoms with Crippen molar-refractivity contribution in [1.29, 1.82) is 0 Å². The second-order valence-electron chi connectivity index (χ2n) is 5.24. The van der Waals surface area contributed by atoms with Crippen molar-refractivity contribution in [1.82, 2.24) is 9.97 Å². The molecule has 3 aromatic rings. The summed E-state index contributed by atoms with van der Waals surface area (Å²) in [5.41, 5.74) is 9.71. The monoisotopic (exact) mass is 343 g/mol. The maximum atomic E-state index is 6.06. The van der Waals surface area contributed by atoms with E-state index in [0.717, 1.165) is 33.5 Å². The number of aromatic nitrogens is 2. The van der Waals surface area contributed by atoms with E-state index in [0.29, 0.717) is 12.3 Å². The third-order valence-electron chi connectivity index (χ3n) is 3.89. The van der Waals surface area contributed by atoms with Crippen molar-refractivity contribution in [2.45, 2.75) is 12.3 Å². The third kappa shape index (κ3) is 2.08. The van der Waals surface area contributed by atoms with E-state index in [1.165, 1.54) is 5.56 Å². The summed E-state index contributed by atoms with van der Waals surface area (Å²) in [5, 5.41) is 0. The number of anilines is 1. The molecule has 0 amide bonds. The van der Waals surface area contributed by atoms with E-state index >= 15 is 0 Å². The summed E-state index contributed by atoms with van der Waals surface area (Å²) >= 11 is 3.47. The molecular formula is C16H14BrN3O. The van der Waals surface area contributed by atoms with Crippen molar-refractivity contribution >= 4 is 32.7 Å². The number of nitrogens with zero attached hydrogens (tertiary/aromatic N) is 1. The molecule has 106 valence electrons. The van der Waals surface area contributed by atoms with E-state index in [9.17, 15) is 0 Å². The number of hydrogen-bond donors (Lipinski definition) is 2. The van der Waals surface area contributed by atoms with Crippen molar-refractivity contribution in [3.8, 4) is 5.75 Å². The average molecular weight is 344 g/mol. The molecular weight excluding hydrogens is 330 g/mol. The van der Waals surface area contributed by atoms with Crippen molar-refractivity contribution in [3.05, 3.63) is 52.3 Å². The van der Waals surface area contributed by atoms with Crippen LogP contribution in [0.5, 0.6) is 5.75 Å². The van der Waals surface area contributed by atoms with E-state index in [1.807, 2.05) is 30.3 Å². The zero-order valence-corrected chi connectivity index (χ0v) is 12.9. The van der Waals surface area contributed by atoms with Gasteiger partial charge in [0.05, 0.1) is 17.8 Å². The maximum Gasteiger partial charge on any atom is 0.123 e. The van der Waals surface area contributed by atoms with Gasteiger partial charge in [0.25, 0.3) is 0 Å². The third-order valence-corrected chi connectivity index (χ3v) is 4.35. The highest BCUT2D eigenvalue weighted by Crippen LogP contribution is 2.38. The molecule has 1 unspecified atom stereocenters. The van der Waals surface area contributed by atoms with Gasteiger partial charge in [-0.1, -0.05) is 34.1 Å². The molecule has 4 nitrogen and oxygen atoms in total. The lowest BCUT2D eigenvalue weighted by Crippen LogP contribution is -2.16. The maximum absolute atomic E-state index is 6.06. The van der Waals surface area contributed by atoms with E-state index in [4.69, 9.17) is 15.5 Å². The molecule has 2 heterocycles. The summed E-state index contributed by atoms with van der Waals surface area (Å²) in [5.74, 6) is 2.12. The van der Waals surface area contributed by atoms with Gasteiger partial charge < -0.3 is 15.5 Å². The quantitative estimate of drug-likeness (QED) is 0.660. The number of imidazole rings is 1. The number of nitrogens with one attached hydrogen (secondary N) is 1. The number of ether oxygens (including phenoxy) is 1. The number of aromatic amines is 1. The second kappa shape index (κ2) is 4.77. The Morgan fingerprint density at radius 3 is 3.05 bits per heavy atom. The van der Waals surface area contributed by atoms with Crippen LogP contribution < -0.4 is 10.5 Å². The molecule has 0 radical (unpaired) electrons. The minimum atomic E-state index is 0.223. The van der Waals surface area contributed by atoms with Crippen LogP contribution in [0.15, 0.2) is 40.9 Å². The van der Waals surface area contributed by atoms with Crippen molar-refractivity contribution < 1.29 is 4.74 Å². The van der Waals surface area contributed by atoms with Gasteiger partial charge in [-0.25, -0.2) is 4.98 Å². The summed E-state index contributed by atoms with van der Waals surface area (Å²) in [6, 6.07) is 12.0. The summed E-state index contributed by atoms with van der Waals surface area (Å²) in [6.45, 7) is 0.706. The van der Waals surface area contributed by atoms with Gasteiger partial charge in [-0.05, 0) is 24.6 Å². The van der Waals surface area contributed by atoms with E-state index < -0.39 is 0 Å².